The Bertz CT molecular complexity index is 1970. The molecule has 3 fully saturated rings. The minimum atomic E-state index is -0.390. The second kappa shape index (κ2) is 20.9. The molecule has 3 saturated carbocycles. The van der Waals surface area contributed by atoms with E-state index < -0.39 is 18.3 Å². The molecule has 0 N–H and O–H groups in total. The highest BCUT2D eigenvalue weighted by Crippen LogP contribution is 2.62. The summed E-state index contributed by atoms with van der Waals surface area (Å²) in [5.74, 6) is 0.0928. The summed E-state index contributed by atoms with van der Waals surface area (Å²) in [7, 11) is 0. The highest BCUT2D eigenvalue weighted by Gasteiger charge is 2.63. The van der Waals surface area contributed by atoms with Gasteiger partial charge in [-0.2, -0.15) is 0 Å². The van der Waals surface area contributed by atoms with Crippen molar-refractivity contribution in [3.8, 4) is 0 Å². The Balaban J connectivity index is 0.000000216. The summed E-state index contributed by atoms with van der Waals surface area (Å²) in [6.45, 7) is 41.5. The number of carbonyl (C=O) groups is 6. The van der Waals surface area contributed by atoms with Crippen LogP contribution in [0.3, 0.4) is 0 Å². The second-order valence-electron chi connectivity index (χ2n) is 21.8. The fourth-order valence-corrected chi connectivity index (χ4v) is 10.3. The van der Waals surface area contributed by atoms with Crippen LogP contribution in [0.1, 0.15) is 142 Å². The molecular weight excluding hydrogens is 829 g/mol. The lowest BCUT2D eigenvalue weighted by atomic mass is 10.1. The Morgan fingerprint density at radius 3 is 0.864 bits per heavy atom. The van der Waals surface area contributed by atoms with Crippen LogP contribution in [0, 0.1) is 51.8 Å². The average molecular weight is 907 g/mol. The molecule has 9 atom stereocenters. The summed E-state index contributed by atoms with van der Waals surface area (Å²) in [6.07, 6.45) is 12.9. The van der Waals surface area contributed by atoms with Gasteiger partial charge in [-0.3, -0.25) is 28.8 Å². The normalized spacial score (nSPS) is 29.3. The van der Waals surface area contributed by atoms with Gasteiger partial charge in [-0.25, -0.2) is 0 Å². The van der Waals surface area contributed by atoms with Crippen molar-refractivity contribution in [1.82, 2.24) is 0 Å². The summed E-state index contributed by atoms with van der Waals surface area (Å²) < 4.78 is 17.0. The Morgan fingerprint density at radius 1 is 0.470 bits per heavy atom. The first kappa shape index (κ1) is 53.7. The number of ketones is 3. The highest BCUT2D eigenvalue weighted by molar-refractivity contribution is 6.01. The van der Waals surface area contributed by atoms with Gasteiger partial charge in [-0.05, 0) is 132 Å². The molecule has 0 aromatic carbocycles. The van der Waals surface area contributed by atoms with Crippen LogP contribution in [0.4, 0.5) is 0 Å². The predicted octanol–water partition coefficient (Wildman–Crippen LogP) is 12.0. The van der Waals surface area contributed by atoms with Crippen molar-refractivity contribution < 1.29 is 43.0 Å². The predicted molar refractivity (Wildman–Crippen MR) is 262 cm³/mol. The molecule has 9 heteroatoms. The van der Waals surface area contributed by atoms with Crippen molar-refractivity contribution in [1.29, 1.82) is 0 Å². The van der Waals surface area contributed by atoms with E-state index in [-0.39, 0.29) is 106 Å². The lowest BCUT2D eigenvalue weighted by molar-refractivity contribution is -0.151. The molecule has 0 heterocycles. The third kappa shape index (κ3) is 11.8. The highest BCUT2D eigenvalue weighted by atomic mass is 16.6. The molecule has 6 aliphatic rings. The molecule has 9 unspecified atom stereocenters. The molecule has 6 aliphatic carbocycles. The van der Waals surface area contributed by atoms with Crippen molar-refractivity contribution in [2.24, 2.45) is 51.8 Å². The number of ether oxygens (including phenoxy) is 3. The zero-order valence-electron chi connectivity index (χ0n) is 42.7. The van der Waals surface area contributed by atoms with Crippen molar-refractivity contribution in [2.75, 3.05) is 0 Å². The van der Waals surface area contributed by atoms with E-state index in [4.69, 9.17) is 14.2 Å². The molecule has 0 bridgehead atoms. The van der Waals surface area contributed by atoms with Crippen LogP contribution >= 0.6 is 0 Å². The van der Waals surface area contributed by atoms with E-state index in [1.165, 1.54) is 16.7 Å². The first-order chi connectivity index (χ1) is 30.6. The third-order valence-corrected chi connectivity index (χ3v) is 14.9. The van der Waals surface area contributed by atoms with Gasteiger partial charge in [-0.1, -0.05) is 94.7 Å². The SMILES string of the molecule is C=CCC1=C(C)C(OC(=O)C2C(C=C(C)C)C2(C)C)CC1=O.C=CCC1=C(C)C(OC(=O)C2C(C=C(C)C)C2(C)C)CC1=O.C=CCC1=C(C)C(OC(=O)C2C(C=C(C)C)C2(C)C)CC1=O. The lowest BCUT2D eigenvalue weighted by Crippen LogP contribution is -2.20. The van der Waals surface area contributed by atoms with Crippen molar-refractivity contribution >= 4 is 35.3 Å². The number of esters is 3. The molecule has 0 aromatic heterocycles. The first-order valence-corrected chi connectivity index (χ1v) is 23.7. The van der Waals surface area contributed by atoms with Gasteiger partial charge in [-0.15, -0.1) is 19.7 Å². The number of rotatable bonds is 15. The maximum absolute atomic E-state index is 12.5. The minimum Gasteiger partial charge on any atom is -0.457 e. The fraction of sp³-hybridized carbons (Fsp3) is 0.579. The molecule has 0 saturated heterocycles. The van der Waals surface area contributed by atoms with Crippen LogP contribution in [-0.2, 0) is 43.0 Å². The zero-order valence-corrected chi connectivity index (χ0v) is 42.7. The summed E-state index contributed by atoms with van der Waals surface area (Å²) >= 11 is 0. The van der Waals surface area contributed by atoms with Gasteiger partial charge >= 0.3 is 17.9 Å². The lowest BCUT2D eigenvalue weighted by Gasteiger charge is -2.13. The van der Waals surface area contributed by atoms with Crippen molar-refractivity contribution in [3.05, 3.63) is 106 Å². The topological polar surface area (TPSA) is 130 Å². The Morgan fingerprint density at radius 2 is 0.682 bits per heavy atom. The number of carbonyl (C=O) groups excluding carboxylic acids is 6. The largest absolute Gasteiger partial charge is 0.457 e. The average Bonchev–Trinajstić information content (AvgIpc) is 3.98. The van der Waals surface area contributed by atoms with Gasteiger partial charge in [0.2, 0.25) is 0 Å². The fourth-order valence-electron chi connectivity index (χ4n) is 10.3. The van der Waals surface area contributed by atoms with Gasteiger partial charge < -0.3 is 14.2 Å². The van der Waals surface area contributed by atoms with Gasteiger partial charge in [0.05, 0.1) is 37.0 Å². The number of allylic oxidation sites excluding steroid dienone is 12. The molecular formula is C57H78O9. The van der Waals surface area contributed by atoms with E-state index in [2.05, 4.69) is 79.5 Å². The standard InChI is InChI=1S/3C19H26O3/c3*1-7-8-13-12(4)16(10-15(13)20)22-18(21)17-14(9-11(2)3)19(17,5)6/h3*7,9,14,16-17H,1,8,10H2,2-6H3. The van der Waals surface area contributed by atoms with E-state index in [0.717, 1.165) is 33.4 Å². The van der Waals surface area contributed by atoms with Crippen molar-refractivity contribution in [3.63, 3.8) is 0 Å². The third-order valence-electron chi connectivity index (χ3n) is 14.9. The van der Waals surface area contributed by atoms with E-state index in [0.29, 0.717) is 19.3 Å². The number of Topliss-reactive ketones (excluding diaryl/α,β-unsaturated/α-hetero) is 3. The van der Waals surface area contributed by atoms with Gasteiger partial charge in [0.25, 0.3) is 0 Å². The van der Waals surface area contributed by atoms with E-state index in [1.807, 2.05) is 62.3 Å². The molecule has 66 heavy (non-hydrogen) atoms. The maximum Gasteiger partial charge on any atom is 0.310 e. The van der Waals surface area contributed by atoms with Crippen LogP contribution in [0.2, 0.25) is 0 Å². The zero-order chi connectivity index (χ0) is 50.0. The molecule has 360 valence electrons. The molecule has 9 nitrogen and oxygen atoms in total. The van der Waals surface area contributed by atoms with E-state index in [1.54, 1.807) is 18.2 Å². The van der Waals surface area contributed by atoms with E-state index >= 15 is 0 Å². The number of hydrogen-bond donors (Lipinski definition) is 0. The van der Waals surface area contributed by atoms with Crippen LogP contribution in [-0.4, -0.2) is 53.6 Å². The second-order valence-corrected chi connectivity index (χ2v) is 21.8. The minimum absolute atomic E-state index is 0.0570. The molecule has 0 aromatic rings. The van der Waals surface area contributed by atoms with Crippen LogP contribution in [0.5, 0.6) is 0 Å². The molecule has 0 spiro atoms. The van der Waals surface area contributed by atoms with E-state index in [9.17, 15) is 28.8 Å². The summed E-state index contributed by atoms with van der Waals surface area (Å²) in [4.78, 5) is 73.4. The van der Waals surface area contributed by atoms with Gasteiger partial charge in [0.15, 0.2) is 17.3 Å². The van der Waals surface area contributed by atoms with Crippen LogP contribution < -0.4 is 0 Å². The first-order valence-electron chi connectivity index (χ1n) is 23.7. The quantitative estimate of drug-likeness (QED) is 0.0895. The molecule has 0 amide bonds. The summed E-state index contributed by atoms with van der Waals surface area (Å²) in [6, 6.07) is 0. The summed E-state index contributed by atoms with van der Waals surface area (Å²) in [5.41, 5.74) is 8.39. The Labute approximate surface area is 395 Å². The van der Waals surface area contributed by atoms with Crippen LogP contribution in [0.15, 0.2) is 106 Å². The maximum atomic E-state index is 12.5. The van der Waals surface area contributed by atoms with Crippen LogP contribution in [0.25, 0.3) is 0 Å². The monoisotopic (exact) mass is 907 g/mol. The van der Waals surface area contributed by atoms with Gasteiger partial charge in [0, 0.05) is 16.7 Å². The number of hydrogen-bond acceptors (Lipinski definition) is 9. The molecule has 0 aliphatic heterocycles. The Hall–Kier alpha value is -4.92. The summed E-state index contributed by atoms with van der Waals surface area (Å²) in [5, 5.41) is 0. The molecule has 6 rings (SSSR count). The van der Waals surface area contributed by atoms with Gasteiger partial charge in [0.1, 0.15) is 18.3 Å². The van der Waals surface area contributed by atoms with Crippen molar-refractivity contribution in [2.45, 2.75) is 161 Å². The molecule has 0 radical (unpaired) electrons. The Kier molecular flexibility index (Phi) is 17.0. The smallest absolute Gasteiger partial charge is 0.310 e.